The molecule has 37 heavy (non-hydrogen) atoms. The molecule has 0 radical (unpaired) electrons. The van der Waals surface area contributed by atoms with Crippen molar-refractivity contribution in [3.63, 3.8) is 0 Å². The van der Waals surface area contributed by atoms with Crippen molar-refractivity contribution in [1.29, 1.82) is 0 Å². The minimum absolute atomic E-state index is 0.0714. The fraction of sp³-hybridized carbons (Fsp3) is 0.500. The third-order valence-electron chi connectivity index (χ3n) is 5.73. The van der Waals surface area contributed by atoms with E-state index in [9.17, 15) is 26.4 Å². The fourth-order valence-electron chi connectivity index (χ4n) is 3.95. The fourth-order valence-corrected chi connectivity index (χ4v) is 4.93. The summed E-state index contributed by atoms with van der Waals surface area (Å²) in [5.41, 5.74) is -0.783. The summed E-state index contributed by atoms with van der Waals surface area (Å²) in [5, 5.41) is 0. The van der Waals surface area contributed by atoms with Gasteiger partial charge in [0.1, 0.15) is 4.90 Å². The standard InChI is InChI=1S/C26H32F3NO6S/c1-25(2,3)15-24(31)30(17-20-8-6-12-35-20)16-18-10-11-22(34-4)23(13-18)36-37(32,33)21-9-5-7-19(14-21)26(27,28)29/h5,7,9-11,13-14,20H,6,8,12,15-17H2,1-4H3/t20-/m0/s1. The van der Waals surface area contributed by atoms with Gasteiger partial charge in [-0.1, -0.05) is 32.9 Å². The van der Waals surface area contributed by atoms with Crippen molar-refractivity contribution in [2.45, 2.75) is 63.8 Å². The number of methoxy groups -OCH3 is 1. The van der Waals surface area contributed by atoms with Gasteiger partial charge in [-0.25, -0.2) is 0 Å². The van der Waals surface area contributed by atoms with Gasteiger partial charge in [0, 0.05) is 26.1 Å². The number of hydrogen-bond acceptors (Lipinski definition) is 6. The smallest absolute Gasteiger partial charge is 0.416 e. The lowest BCUT2D eigenvalue weighted by Crippen LogP contribution is -2.38. The maximum absolute atomic E-state index is 13.1. The van der Waals surface area contributed by atoms with Gasteiger partial charge in [-0.2, -0.15) is 21.6 Å². The van der Waals surface area contributed by atoms with Gasteiger partial charge in [0.25, 0.3) is 0 Å². The zero-order valence-electron chi connectivity index (χ0n) is 21.3. The average Bonchev–Trinajstić information content (AvgIpc) is 3.30. The number of halogens is 3. The van der Waals surface area contributed by atoms with Gasteiger partial charge in [0.15, 0.2) is 11.5 Å². The van der Waals surface area contributed by atoms with Crippen molar-refractivity contribution in [3.05, 3.63) is 53.6 Å². The number of carbonyl (C=O) groups is 1. The zero-order chi connectivity index (χ0) is 27.4. The highest BCUT2D eigenvalue weighted by Gasteiger charge is 2.32. The first-order chi connectivity index (χ1) is 17.2. The molecule has 204 valence electrons. The third kappa shape index (κ3) is 8.10. The Labute approximate surface area is 215 Å². The first-order valence-electron chi connectivity index (χ1n) is 11.9. The number of benzene rings is 2. The van der Waals surface area contributed by atoms with Crippen molar-refractivity contribution >= 4 is 16.0 Å². The highest BCUT2D eigenvalue weighted by Crippen LogP contribution is 2.34. The maximum Gasteiger partial charge on any atom is 0.416 e. The first kappa shape index (κ1) is 28.8. The number of hydrogen-bond donors (Lipinski definition) is 0. The molecule has 0 N–H and O–H groups in total. The van der Waals surface area contributed by atoms with Gasteiger partial charge >= 0.3 is 16.3 Å². The second-order valence-electron chi connectivity index (χ2n) is 10.2. The summed E-state index contributed by atoms with van der Waals surface area (Å²) in [5.74, 6) is -0.193. The van der Waals surface area contributed by atoms with E-state index in [1.54, 1.807) is 11.0 Å². The Hall–Kier alpha value is -2.79. The number of nitrogens with zero attached hydrogens (tertiary/aromatic N) is 1. The molecule has 0 aliphatic carbocycles. The number of ether oxygens (including phenoxy) is 2. The Morgan fingerprint density at radius 2 is 1.84 bits per heavy atom. The summed E-state index contributed by atoms with van der Waals surface area (Å²) in [6.07, 6.45) is -2.73. The van der Waals surface area contributed by atoms with Crippen molar-refractivity contribution in [3.8, 4) is 11.5 Å². The Kier molecular flexibility index (Phi) is 8.79. The molecular formula is C26H32F3NO6S. The summed E-state index contributed by atoms with van der Waals surface area (Å²) in [7, 11) is -3.30. The minimum Gasteiger partial charge on any atom is -0.493 e. The van der Waals surface area contributed by atoms with Crippen LogP contribution in [-0.2, 0) is 32.4 Å². The first-order valence-corrected chi connectivity index (χ1v) is 13.3. The number of amides is 1. The monoisotopic (exact) mass is 543 g/mol. The van der Waals surface area contributed by atoms with Crippen LogP contribution in [0.3, 0.4) is 0 Å². The maximum atomic E-state index is 13.1. The molecule has 0 saturated carbocycles. The lowest BCUT2D eigenvalue weighted by molar-refractivity contribution is -0.138. The molecule has 1 fully saturated rings. The van der Waals surface area contributed by atoms with Crippen molar-refractivity contribution in [2.24, 2.45) is 5.41 Å². The van der Waals surface area contributed by atoms with E-state index in [4.69, 9.17) is 13.7 Å². The molecule has 2 aromatic rings. The molecule has 11 heteroatoms. The summed E-state index contributed by atoms with van der Waals surface area (Å²) in [6.45, 7) is 7.09. The molecule has 1 atom stereocenters. The normalized spacial score (nSPS) is 16.5. The van der Waals surface area contributed by atoms with Crippen LogP contribution in [-0.4, -0.2) is 45.6 Å². The number of rotatable bonds is 9. The van der Waals surface area contributed by atoms with Gasteiger partial charge in [-0.15, -0.1) is 0 Å². The lowest BCUT2D eigenvalue weighted by Gasteiger charge is -2.29. The zero-order valence-corrected chi connectivity index (χ0v) is 22.1. The molecule has 1 heterocycles. The quantitative estimate of drug-likeness (QED) is 0.393. The van der Waals surface area contributed by atoms with Gasteiger partial charge in [-0.3, -0.25) is 4.79 Å². The predicted molar refractivity (Wildman–Crippen MR) is 131 cm³/mol. The molecule has 7 nitrogen and oxygen atoms in total. The second-order valence-corrected chi connectivity index (χ2v) is 11.7. The Morgan fingerprint density at radius 1 is 1.11 bits per heavy atom. The van der Waals surface area contributed by atoms with Crippen LogP contribution < -0.4 is 8.92 Å². The molecule has 1 saturated heterocycles. The van der Waals surface area contributed by atoms with Gasteiger partial charge in [-0.05, 0) is 54.2 Å². The Balaban J connectivity index is 1.88. The van der Waals surface area contributed by atoms with E-state index in [2.05, 4.69) is 0 Å². The minimum atomic E-state index is -4.71. The SMILES string of the molecule is COc1ccc(CN(C[C@@H]2CCCO2)C(=O)CC(C)(C)C)cc1OS(=O)(=O)c1cccc(C(F)(F)F)c1. The second kappa shape index (κ2) is 11.3. The van der Waals surface area contributed by atoms with Crippen LogP contribution in [0.2, 0.25) is 0 Å². The summed E-state index contributed by atoms with van der Waals surface area (Å²) < 4.78 is 81.1. The number of alkyl halides is 3. The van der Waals surface area contributed by atoms with Crippen LogP contribution in [0.4, 0.5) is 13.2 Å². The molecule has 2 aromatic carbocycles. The van der Waals surface area contributed by atoms with E-state index >= 15 is 0 Å². The van der Waals surface area contributed by atoms with Crippen LogP contribution in [0.25, 0.3) is 0 Å². The topological polar surface area (TPSA) is 82.1 Å². The molecule has 1 amide bonds. The summed E-state index contributed by atoms with van der Waals surface area (Å²) in [6, 6.07) is 7.89. The summed E-state index contributed by atoms with van der Waals surface area (Å²) in [4.78, 5) is 14.1. The van der Waals surface area contributed by atoms with Crippen LogP contribution in [0, 0.1) is 5.41 Å². The van der Waals surface area contributed by atoms with Gasteiger partial charge < -0.3 is 18.6 Å². The average molecular weight is 544 g/mol. The molecule has 0 unspecified atom stereocenters. The van der Waals surface area contributed by atoms with Crippen molar-refractivity contribution < 1.29 is 40.0 Å². The molecule has 0 bridgehead atoms. The van der Waals surface area contributed by atoms with Crippen LogP contribution in [0.15, 0.2) is 47.4 Å². The van der Waals surface area contributed by atoms with Gasteiger partial charge in [0.05, 0.1) is 18.8 Å². The largest absolute Gasteiger partial charge is 0.493 e. The van der Waals surface area contributed by atoms with Crippen molar-refractivity contribution in [2.75, 3.05) is 20.3 Å². The third-order valence-corrected chi connectivity index (χ3v) is 6.96. The highest BCUT2D eigenvalue weighted by atomic mass is 32.2. The van der Waals surface area contributed by atoms with E-state index in [0.717, 1.165) is 31.0 Å². The molecule has 0 aromatic heterocycles. The molecule has 0 spiro atoms. The van der Waals surface area contributed by atoms with E-state index in [1.807, 2.05) is 20.8 Å². The van der Waals surface area contributed by atoms with Crippen molar-refractivity contribution in [1.82, 2.24) is 4.90 Å². The van der Waals surface area contributed by atoms with Gasteiger partial charge in [0.2, 0.25) is 5.91 Å². The summed E-state index contributed by atoms with van der Waals surface area (Å²) >= 11 is 0. The molecule has 3 rings (SSSR count). The van der Waals surface area contributed by atoms with Crippen LogP contribution in [0.1, 0.15) is 51.2 Å². The Morgan fingerprint density at radius 3 is 2.43 bits per heavy atom. The van der Waals surface area contributed by atoms with Crippen LogP contribution in [0.5, 0.6) is 11.5 Å². The van der Waals surface area contributed by atoms with Crippen LogP contribution >= 0.6 is 0 Å². The highest BCUT2D eigenvalue weighted by molar-refractivity contribution is 7.87. The lowest BCUT2D eigenvalue weighted by atomic mass is 9.91. The Bertz CT molecular complexity index is 1200. The molecule has 1 aliphatic rings. The van der Waals surface area contributed by atoms with E-state index in [1.165, 1.54) is 19.2 Å². The number of carbonyl (C=O) groups excluding carboxylic acids is 1. The van der Waals surface area contributed by atoms with E-state index in [-0.39, 0.29) is 35.5 Å². The predicted octanol–water partition coefficient (Wildman–Crippen LogP) is 5.43. The van der Waals surface area contributed by atoms with E-state index in [0.29, 0.717) is 31.2 Å². The molecule has 1 aliphatic heterocycles. The molecular weight excluding hydrogens is 511 g/mol. The van der Waals surface area contributed by atoms with E-state index < -0.39 is 26.8 Å².